The van der Waals surface area contributed by atoms with E-state index in [2.05, 4.69) is 6.92 Å². The monoisotopic (exact) mass is 356 g/mol. The number of ketones is 1. The predicted octanol–water partition coefficient (Wildman–Crippen LogP) is 5.44. The second-order valence-electron chi connectivity index (χ2n) is 9.39. The highest BCUT2D eigenvalue weighted by molar-refractivity contribution is 5.94. The lowest BCUT2D eigenvalue weighted by Gasteiger charge is -2.59. The van der Waals surface area contributed by atoms with Gasteiger partial charge in [-0.3, -0.25) is 4.79 Å². The maximum atomic E-state index is 13.6. The first kappa shape index (κ1) is 17.4. The summed E-state index contributed by atoms with van der Waals surface area (Å²) >= 11 is 0. The lowest BCUT2D eigenvalue weighted by molar-refractivity contribution is -0.213. The van der Waals surface area contributed by atoms with Gasteiger partial charge in [0.2, 0.25) is 0 Å². The minimum Gasteiger partial charge on any atom is -0.505 e. The van der Waals surface area contributed by atoms with Gasteiger partial charge in [0.15, 0.2) is 11.5 Å². The molecule has 1 N–H and O–H groups in total. The zero-order chi connectivity index (χ0) is 18.2. The highest BCUT2D eigenvalue weighted by atomic mass is 19.4. The number of halogens is 3. The molecule has 0 aromatic heterocycles. The molecule has 4 aliphatic carbocycles. The molecule has 0 radical (unpaired) electrons. The van der Waals surface area contributed by atoms with Crippen molar-refractivity contribution in [2.45, 2.75) is 65.0 Å². The molecule has 7 atom stereocenters. The van der Waals surface area contributed by atoms with Crippen molar-refractivity contribution >= 4 is 5.78 Å². The molecule has 0 aromatic rings. The number of carbonyl (C=O) groups is 1. The van der Waals surface area contributed by atoms with Gasteiger partial charge in [-0.1, -0.05) is 13.8 Å². The maximum absolute atomic E-state index is 13.6. The molecule has 0 saturated heterocycles. The van der Waals surface area contributed by atoms with Gasteiger partial charge in [0, 0.05) is 6.42 Å². The molecule has 2 nitrogen and oxygen atoms in total. The molecule has 0 spiro atoms. The molecule has 0 amide bonds. The quantitative estimate of drug-likeness (QED) is 0.628. The Morgan fingerprint density at radius 2 is 1.80 bits per heavy atom. The Morgan fingerprint density at radius 1 is 1.08 bits per heavy atom. The van der Waals surface area contributed by atoms with Crippen LogP contribution in [0.1, 0.15) is 58.8 Å². The fourth-order valence-electron chi connectivity index (χ4n) is 7.26. The molecule has 5 heteroatoms. The third-order valence-electron chi connectivity index (χ3n) is 8.52. The third kappa shape index (κ3) is 2.33. The Kier molecular flexibility index (Phi) is 3.66. The average Bonchev–Trinajstić information content (AvgIpc) is 2.86. The molecule has 3 saturated carbocycles. The van der Waals surface area contributed by atoms with Crippen molar-refractivity contribution in [2.24, 2.45) is 40.4 Å². The second-order valence-corrected chi connectivity index (χ2v) is 9.39. The molecule has 4 aliphatic rings. The van der Waals surface area contributed by atoms with Gasteiger partial charge in [0.25, 0.3) is 0 Å². The number of carbonyl (C=O) groups excluding carboxylic acids is 1. The van der Waals surface area contributed by atoms with Crippen LogP contribution in [0.15, 0.2) is 11.8 Å². The first-order valence-electron chi connectivity index (χ1n) is 9.59. The van der Waals surface area contributed by atoms with Gasteiger partial charge >= 0.3 is 6.18 Å². The molecule has 0 unspecified atom stereocenters. The van der Waals surface area contributed by atoms with Crippen LogP contribution in [0.3, 0.4) is 0 Å². The average molecular weight is 356 g/mol. The van der Waals surface area contributed by atoms with Crippen LogP contribution in [0.5, 0.6) is 0 Å². The number of fused-ring (bicyclic) bond motifs is 5. The van der Waals surface area contributed by atoms with Crippen molar-refractivity contribution in [3.05, 3.63) is 11.8 Å². The number of allylic oxidation sites excluding steroid dienone is 2. The van der Waals surface area contributed by atoms with E-state index in [0.29, 0.717) is 19.3 Å². The number of aliphatic hydroxyl groups is 1. The lowest BCUT2D eigenvalue weighted by Crippen LogP contribution is -2.53. The molecule has 140 valence electrons. The van der Waals surface area contributed by atoms with E-state index in [4.69, 9.17) is 0 Å². The van der Waals surface area contributed by atoms with Gasteiger partial charge < -0.3 is 5.11 Å². The Balaban J connectivity index is 1.67. The molecule has 0 bridgehead atoms. The van der Waals surface area contributed by atoms with E-state index in [1.54, 1.807) is 6.08 Å². The number of hydrogen-bond donors (Lipinski definition) is 1. The maximum Gasteiger partial charge on any atom is 0.392 e. The molecular weight excluding hydrogens is 329 g/mol. The smallest absolute Gasteiger partial charge is 0.392 e. The van der Waals surface area contributed by atoms with E-state index in [1.807, 2.05) is 6.92 Å². The molecule has 25 heavy (non-hydrogen) atoms. The van der Waals surface area contributed by atoms with E-state index in [1.165, 1.54) is 0 Å². The predicted molar refractivity (Wildman–Crippen MR) is 87.8 cm³/mol. The number of rotatable bonds is 0. The van der Waals surface area contributed by atoms with Crippen molar-refractivity contribution < 1.29 is 23.1 Å². The summed E-state index contributed by atoms with van der Waals surface area (Å²) in [6, 6.07) is 0. The van der Waals surface area contributed by atoms with E-state index in [-0.39, 0.29) is 47.0 Å². The minimum absolute atomic E-state index is 0.115. The van der Waals surface area contributed by atoms with E-state index < -0.39 is 17.5 Å². The van der Waals surface area contributed by atoms with Crippen LogP contribution < -0.4 is 0 Å². The molecule has 3 fully saturated rings. The Morgan fingerprint density at radius 3 is 2.48 bits per heavy atom. The van der Waals surface area contributed by atoms with Crippen LogP contribution in [-0.2, 0) is 4.79 Å². The SMILES string of the molecule is C[C@]12C=C(O)C(=O)C[C@@H]1CC[C@@H]1[C@@H]2CC[C@@]2(C)[C@H]1CC[C@H]2C(F)(F)F. The van der Waals surface area contributed by atoms with Crippen LogP contribution in [0, 0.1) is 40.4 Å². The first-order valence-corrected chi connectivity index (χ1v) is 9.59. The van der Waals surface area contributed by atoms with Gasteiger partial charge in [0.1, 0.15) is 0 Å². The molecule has 0 heterocycles. The van der Waals surface area contributed by atoms with E-state index in [0.717, 1.165) is 19.3 Å². The fourth-order valence-corrected chi connectivity index (χ4v) is 7.26. The molecule has 0 aliphatic heterocycles. The van der Waals surface area contributed by atoms with Crippen LogP contribution in [-0.4, -0.2) is 17.1 Å². The summed E-state index contributed by atoms with van der Waals surface area (Å²) in [5.74, 6) is -0.582. The Labute approximate surface area is 146 Å². The van der Waals surface area contributed by atoms with Gasteiger partial charge in [0.05, 0.1) is 5.92 Å². The van der Waals surface area contributed by atoms with E-state index >= 15 is 0 Å². The first-order chi connectivity index (χ1) is 11.6. The van der Waals surface area contributed by atoms with Crippen molar-refractivity contribution in [2.75, 3.05) is 0 Å². The normalized spacial score (nSPS) is 49.9. The number of aliphatic hydroxyl groups excluding tert-OH is 1. The lowest BCUT2D eigenvalue weighted by atomic mass is 9.46. The summed E-state index contributed by atoms with van der Waals surface area (Å²) in [5, 5.41) is 10.0. The minimum atomic E-state index is -4.10. The molecule has 0 aromatic carbocycles. The van der Waals surface area contributed by atoms with Crippen LogP contribution in [0.25, 0.3) is 0 Å². The number of Topliss-reactive ketones (excluding diaryl/α,β-unsaturated/α-hetero) is 1. The second kappa shape index (κ2) is 5.26. The summed E-state index contributed by atoms with van der Waals surface area (Å²) < 4.78 is 40.7. The Hall–Kier alpha value is -1.00. The van der Waals surface area contributed by atoms with Crippen molar-refractivity contribution in [3.8, 4) is 0 Å². The van der Waals surface area contributed by atoms with Gasteiger partial charge in [-0.25, -0.2) is 0 Å². The van der Waals surface area contributed by atoms with E-state index in [9.17, 15) is 23.1 Å². The zero-order valence-electron chi connectivity index (χ0n) is 14.9. The van der Waals surface area contributed by atoms with Gasteiger partial charge in [-0.2, -0.15) is 13.2 Å². The summed E-state index contributed by atoms with van der Waals surface area (Å²) in [4.78, 5) is 11.9. The highest BCUT2D eigenvalue weighted by Gasteiger charge is 2.64. The summed E-state index contributed by atoms with van der Waals surface area (Å²) in [6.07, 6.45) is 2.14. The van der Waals surface area contributed by atoms with Gasteiger partial charge in [-0.05, 0) is 79.1 Å². The van der Waals surface area contributed by atoms with Crippen LogP contribution in [0.4, 0.5) is 13.2 Å². The van der Waals surface area contributed by atoms with Gasteiger partial charge in [-0.15, -0.1) is 0 Å². The van der Waals surface area contributed by atoms with Crippen LogP contribution >= 0.6 is 0 Å². The van der Waals surface area contributed by atoms with Crippen molar-refractivity contribution in [1.82, 2.24) is 0 Å². The third-order valence-corrected chi connectivity index (χ3v) is 8.52. The molecule has 4 rings (SSSR count). The summed E-state index contributed by atoms with van der Waals surface area (Å²) in [7, 11) is 0. The highest BCUT2D eigenvalue weighted by Crippen LogP contribution is 2.68. The summed E-state index contributed by atoms with van der Waals surface area (Å²) in [6.45, 7) is 3.99. The zero-order valence-corrected chi connectivity index (χ0v) is 14.9. The standard InChI is InChI=1S/C20H27F3O2/c1-18-8-7-14-12(13(18)5-6-17(18)20(21,22)23)4-3-11-9-15(24)16(25)10-19(11,14)2/h10-14,17,25H,3-9H2,1-2H3/t11-,12-,13-,14-,17+,18-,19-/m0/s1. The molecular formula is C20H27F3O2. The number of hydrogen-bond acceptors (Lipinski definition) is 2. The summed E-state index contributed by atoms with van der Waals surface area (Å²) in [5.41, 5.74) is -0.891. The Bertz CT molecular complexity index is 625. The topological polar surface area (TPSA) is 37.3 Å². The van der Waals surface area contributed by atoms with Crippen molar-refractivity contribution in [1.29, 1.82) is 0 Å². The number of alkyl halides is 3. The van der Waals surface area contributed by atoms with Crippen molar-refractivity contribution in [3.63, 3.8) is 0 Å². The largest absolute Gasteiger partial charge is 0.505 e. The fraction of sp³-hybridized carbons (Fsp3) is 0.850. The van der Waals surface area contributed by atoms with Crippen LogP contribution in [0.2, 0.25) is 0 Å².